The summed E-state index contributed by atoms with van der Waals surface area (Å²) >= 11 is 0. The van der Waals surface area contributed by atoms with Gasteiger partial charge in [0.25, 0.3) is 0 Å². The Labute approximate surface area is 223 Å². The number of amides is 1. The molecule has 4 rings (SSSR count). The van der Waals surface area contributed by atoms with Crippen LogP contribution in [0.5, 0.6) is 0 Å². The molecular weight excluding hydrogens is 486 g/mol. The monoisotopic (exact) mass is 524 g/mol. The van der Waals surface area contributed by atoms with Gasteiger partial charge in [0.2, 0.25) is 5.91 Å². The van der Waals surface area contributed by atoms with Crippen molar-refractivity contribution in [3.8, 4) is 5.69 Å². The number of carbonyl (C=O) groups is 1. The summed E-state index contributed by atoms with van der Waals surface area (Å²) in [5, 5.41) is 9.84. The largest absolute Gasteiger partial charge is 0.311 e. The van der Waals surface area contributed by atoms with E-state index in [1.54, 1.807) is 6.33 Å². The summed E-state index contributed by atoms with van der Waals surface area (Å²) in [5.41, 5.74) is 3.40. The van der Waals surface area contributed by atoms with Crippen molar-refractivity contribution in [2.75, 3.05) is 32.5 Å². The lowest BCUT2D eigenvalue weighted by molar-refractivity contribution is -0.118. The normalized spacial score (nSPS) is 15.9. The average molecular weight is 525 g/mol. The zero-order chi connectivity index (χ0) is 27.1. The molecule has 0 unspecified atom stereocenters. The molecule has 0 spiro atoms. The SMILES string of the molecule is CCC[C@H](N[C@H]1CCc2cc(F)cc(F)c2C1)C(=O)Nc1cn(-c2ccccc2CNCCN(C)C)cn1. The van der Waals surface area contributed by atoms with E-state index in [1.807, 2.05) is 50.0 Å². The van der Waals surface area contributed by atoms with Crippen molar-refractivity contribution in [1.29, 1.82) is 0 Å². The van der Waals surface area contributed by atoms with Gasteiger partial charge in [0.05, 0.1) is 17.9 Å². The summed E-state index contributed by atoms with van der Waals surface area (Å²) in [6, 6.07) is 9.96. The van der Waals surface area contributed by atoms with E-state index >= 15 is 0 Å². The van der Waals surface area contributed by atoms with Crippen LogP contribution in [-0.2, 0) is 24.2 Å². The Hall–Kier alpha value is -3.14. The molecule has 2 aromatic carbocycles. The number of nitrogens with one attached hydrogen (secondary N) is 3. The van der Waals surface area contributed by atoms with E-state index in [0.29, 0.717) is 30.6 Å². The smallest absolute Gasteiger partial charge is 0.242 e. The molecule has 0 fully saturated rings. The minimum Gasteiger partial charge on any atom is -0.311 e. The van der Waals surface area contributed by atoms with Crippen molar-refractivity contribution < 1.29 is 13.6 Å². The number of rotatable bonds is 12. The number of likely N-dealkylation sites (N-methyl/N-ethyl adjacent to an activating group) is 1. The maximum Gasteiger partial charge on any atom is 0.242 e. The molecular formula is C29H38F2N6O. The van der Waals surface area contributed by atoms with E-state index in [2.05, 4.69) is 31.9 Å². The Balaban J connectivity index is 1.39. The van der Waals surface area contributed by atoms with E-state index in [0.717, 1.165) is 55.4 Å². The quantitative estimate of drug-likeness (QED) is 0.312. The number of aryl methyl sites for hydroxylation is 1. The number of anilines is 1. The van der Waals surface area contributed by atoms with Gasteiger partial charge in [-0.1, -0.05) is 31.5 Å². The average Bonchev–Trinajstić information content (AvgIpc) is 3.35. The van der Waals surface area contributed by atoms with Crippen LogP contribution in [0.1, 0.15) is 42.9 Å². The number of halogens is 2. The summed E-state index contributed by atoms with van der Waals surface area (Å²) in [6.45, 7) is 4.59. The molecule has 38 heavy (non-hydrogen) atoms. The zero-order valence-electron chi connectivity index (χ0n) is 22.4. The number of carbonyl (C=O) groups excluding carboxylic acids is 1. The van der Waals surface area contributed by atoms with E-state index < -0.39 is 17.7 Å². The van der Waals surface area contributed by atoms with Gasteiger partial charge in [0.15, 0.2) is 5.82 Å². The lowest BCUT2D eigenvalue weighted by Gasteiger charge is -2.29. The molecule has 3 N–H and O–H groups in total. The summed E-state index contributed by atoms with van der Waals surface area (Å²) in [4.78, 5) is 19.8. The van der Waals surface area contributed by atoms with Crippen molar-refractivity contribution in [2.45, 2.75) is 57.7 Å². The highest BCUT2D eigenvalue weighted by Crippen LogP contribution is 2.26. The molecule has 204 valence electrons. The van der Waals surface area contributed by atoms with E-state index in [9.17, 15) is 13.6 Å². The summed E-state index contributed by atoms with van der Waals surface area (Å²) in [6.07, 6.45) is 6.72. The van der Waals surface area contributed by atoms with Gasteiger partial charge in [-0.25, -0.2) is 13.8 Å². The predicted octanol–water partition coefficient (Wildman–Crippen LogP) is 4.06. The Morgan fingerprint density at radius 1 is 1.24 bits per heavy atom. The van der Waals surface area contributed by atoms with Gasteiger partial charge < -0.3 is 25.4 Å². The predicted molar refractivity (Wildman–Crippen MR) is 146 cm³/mol. The molecule has 0 bridgehead atoms. The maximum atomic E-state index is 14.4. The first-order valence-electron chi connectivity index (χ1n) is 13.4. The number of hydrogen-bond acceptors (Lipinski definition) is 5. The number of hydrogen-bond donors (Lipinski definition) is 3. The number of imidazole rings is 1. The molecule has 1 aliphatic carbocycles. The molecule has 0 saturated heterocycles. The fourth-order valence-corrected chi connectivity index (χ4v) is 4.96. The molecule has 7 nitrogen and oxygen atoms in total. The highest BCUT2D eigenvalue weighted by Gasteiger charge is 2.27. The third-order valence-electron chi connectivity index (χ3n) is 6.95. The molecule has 9 heteroatoms. The van der Waals surface area contributed by atoms with Gasteiger partial charge >= 0.3 is 0 Å². The summed E-state index contributed by atoms with van der Waals surface area (Å²) in [7, 11) is 4.10. The number of benzene rings is 2. The third kappa shape index (κ3) is 7.24. The maximum absolute atomic E-state index is 14.4. The van der Waals surface area contributed by atoms with Crippen molar-refractivity contribution >= 4 is 11.7 Å². The van der Waals surface area contributed by atoms with E-state index in [4.69, 9.17) is 0 Å². The van der Waals surface area contributed by atoms with Gasteiger partial charge in [-0.15, -0.1) is 0 Å². The fourth-order valence-electron chi connectivity index (χ4n) is 4.96. The van der Waals surface area contributed by atoms with Gasteiger partial charge in [0, 0.05) is 31.7 Å². The topological polar surface area (TPSA) is 74.2 Å². The minimum atomic E-state index is -0.543. The van der Waals surface area contributed by atoms with Gasteiger partial charge in [-0.2, -0.15) is 0 Å². The third-order valence-corrected chi connectivity index (χ3v) is 6.95. The van der Waals surface area contributed by atoms with Crippen molar-refractivity contribution in [3.63, 3.8) is 0 Å². The number of para-hydroxylation sites is 1. The molecule has 1 amide bonds. The van der Waals surface area contributed by atoms with Crippen LogP contribution < -0.4 is 16.0 Å². The highest BCUT2D eigenvalue weighted by molar-refractivity contribution is 5.94. The summed E-state index contributed by atoms with van der Waals surface area (Å²) < 4.78 is 29.9. The Bertz CT molecular complexity index is 1230. The fraction of sp³-hybridized carbons (Fsp3) is 0.448. The first-order chi connectivity index (χ1) is 18.3. The Morgan fingerprint density at radius 2 is 2.05 bits per heavy atom. The molecule has 1 aromatic heterocycles. The van der Waals surface area contributed by atoms with Crippen LogP contribution in [0, 0.1) is 11.6 Å². The van der Waals surface area contributed by atoms with Crippen LogP contribution in [0.15, 0.2) is 48.9 Å². The van der Waals surface area contributed by atoms with Crippen LogP contribution in [0.3, 0.4) is 0 Å². The van der Waals surface area contributed by atoms with Gasteiger partial charge in [0.1, 0.15) is 18.0 Å². The van der Waals surface area contributed by atoms with Crippen LogP contribution in [-0.4, -0.2) is 59.6 Å². The van der Waals surface area contributed by atoms with Gasteiger partial charge in [-0.3, -0.25) is 4.79 Å². The standard InChI is InChI=1S/C29H38F2N6O/c1-4-7-26(34-23-11-10-20-14-22(30)15-25(31)24(20)16-23)29(38)35-28-18-37(19-33-28)27-9-6-5-8-21(27)17-32-12-13-36(2)3/h5-6,8-9,14-15,18-19,23,26,32,34H,4,7,10-13,16-17H2,1-3H3,(H,35,38)/t23-,26-/m0/s1. The molecule has 0 saturated carbocycles. The molecule has 1 heterocycles. The molecule has 1 aliphatic rings. The Morgan fingerprint density at radius 3 is 2.84 bits per heavy atom. The highest BCUT2D eigenvalue weighted by atomic mass is 19.1. The van der Waals surface area contributed by atoms with Crippen LogP contribution in [0.4, 0.5) is 14.6 Å². The first-order valence-corrected chi connectivity index (χ1v) is 13.4. The lowest BCUT2D eigenvalue weighted by Crippen LogP contribution is -2.48. The molecule has 0 radical (unpaired) electrons. The second kappa shape index (κ2) is 13.1. The van der Waals surface area contributed by atoms with Crippen molar-refractivity contribution in [1.82, 2.24) is 25.1 Å². The lowest BCUT2D eigenvalue weighted by atomic mass is 9.87. The summed E-state index contributed by atoms with van der Waals surface area (Å²) in [5.74, 6) is -0.745. The van der Waals surface area contributed by atoms with E-state index in [-0.39, 0.29) is 11.9 Å². The number of nitrogens with zero attached hydrogens (tertiary/aromatic N) is 3. The first kappa shape index (κ1) is 27.9. The van der Waals surface area contributed by atoms with Gasteiger partial charge in [-0.05, 0) is 68.6 Å². The van der Waals surface area contributed by atoms with E-state index in [1.165, 1.54) is 6.07 Å². The minimum absolute atomic E-state index is 0.0609. The zero-order valence-corrected chi connectivity index (χ0v) is 22.4. The second-order valence-electron chi connectivity index (χ2n) is 10.2. The molecule has 3 aromatic rings. The number of fused-ring (bicyclic) bond motifs is 1. The Kier molecular flexibility index (Phi) is 9.60. The van der Waals surface area contributed by atoms with Crippen molar-refractivity contribution in [3.05, 3.63) is 77.2 Å². The number of aromatic nitrogens is 2. The second-order valence-corrected chi connectivity index (χ2v) is 10.2. The molecule has 2 atom stereocenters. The van der Waals surface area contributed by atoms with Crippen LogP contribution >= 0.6 is 0 Å². The molecule has 0 aliphatic heterocycles. The van der Waals surface area contributed by atoms with Crippen LogP contribution in [0.25, 0.3) is 5.69 Å². The van der Waals surface area contributed by atoms with Crippen molar-refractivity contribution in [2.24, 2.45) is 0 Å². The van der Waals surface area contributed by atoms with Crippen LogP contribution in [0.2, 0.25) is 0 Å².